The third-order valence-corrected chi connectivity index (χ3v) is 6.79. The minimum Gasteiger partial charge on any atom is -0.334 e. The van der Waals surface area contributed by atoms with Crippen LogP contribution < -0.4 is 0 Å². The van der Waals surface area contributed by atoms with Crippen molar-refractivity contribution in [3.05, 3.63) is 109 Å². The molecule has 0 aliphatic carbocycles. The highest BCUT2D eigenvalue weighted by Gasteiger charge is 2.10. The molecule has 0 aliphatic heterocycles. The van der Waals surface area contributed by atoms with Crippen LogP contribution in [0.1, 0.15) is 0 Å². The van der Waals surface area contributed by atoms with E-state index >= 15 is 0 Å². The van der Waals surface area contributed by atoms with E-state index in [0.29, 0.717) is 0 Å². The van der Waals surface area contributed by atoms with Gasteiger partial charge in [0.1, 0.15) is 0 Å². The topological polar surface area (TPSA) is 30.7 Å². The summed E-state index contributed by atoms with van der Waals surface area (Å²) in [7, 11) is 2.02. The lowest BCUT2D eigenvalue weighted by atomic mass is 9.95. The van der Waals surface area contributed by atoms with E-state index in [2.05, 4.69) is 108 Å². The van der Waals surface area contributed by atoms with Gasteiger partial charge in [0.25, 0.3) is 0 Å². The van der Waals surface area contributed by atoms with Gasteiger partial charge in [0, 0.05) is 18.2 Å². The minimum absolute atomic E-state index is 0.962. The summed E-state index contributed by atoms with van der Waals surface area (Å²) in [4.78, 5) is 9.49. The Labute approximate surface area is 196 Å². The molecule has 0 fully saturated rings. The van der Waals surface area contributed by atoms with Crippen molar-refractivity contribution in [2.24, 2.45) is 7.05 Å². The number of nitrogens with zero attached hydrogens (tertiary/aromatic N) is 3. The summed E-state index contributed by atoms with van der Waals surface area (Å²) in [5.41, 5.74) is 6.25. The first kappa shape index (κ1) is 19.0. The quantitative estimate of drug-likeness (QED) is 0.260. The molecule has 0 aliphatic rings. The Morgan fingerprint density at radius 2 is 1.26 bits per heavy atom. The maximum absolute atomic E-state index is 5.05. The summed E-state index contributed by atoms with van der Waals surface area (Å²) in [6.07, 6.45) is 1.85. The van der Waals surface area contributed by atoms with Crippen LogP contribution in [0.2, 0.25) is 0 Å². The number of imidazole rings is 1. The zero-order chi connectivity index (χ0) is 22.6. The van der Waals surface area contributed by atoms with Crippen molar-refractivity contribution in [2.75, 3.05) is 0 Å². The second-order valence-corrected chi connectivity index (χ2v) is 8.85. The summed E-state index contributed by atoms with van der Waals surface area (Å²) in [5, 5.41) is 7.61. The molecule has 2 heterocycles. The smallest absolute Gasteiger partial charge is 0.0955 e. The molecule has 0 spiro atoms. The van der Waals surface area contributed by atoms with E-state index in [4.69, 9.17) is 4.98 Å². The Hall–Kier alpha value is -4.50. The molecule has 0 bridgehead atoms. The van der Waals surface area contributed by atoms with Gasteiger partial charge in [-0.15, -0.1) is 0 Å². The van der Waals surface area contributed by atoms with Crippen LogP contribution in [0, 0.1) is 0 Å². The molecular formula is C31H21N3. The average Bonchev–Trinajstić information content (AvgIpc) is 3.28. The zero-order valence-corrected chi connectivity index (χ0v) is 18.7. The fourth-order valence-corrected chi connectivity index (χ4v) is 5.03. The Morgan fingerprint density at radius 3 is 2.12 bits per heavy atom. The van der Waals surface area contributed by atoms with Crippen molar-refractivity contribution in [1.29, 1.82) is 0 Å². The summed E-state index contributed by atoms with van der Waals surface area (Å²) < 4.78 is 2.04. The van der Waals surface area contributed by atoms with Gasteiger partial charge in [-0.1, -0.05) is 72.8 Å². The fraction of sp³-hybridized carbons (Fsp3) is 0.0323. The molecule has 0 saturated carbocycles. The number of aryl methyl sites for hydroxylation is 1. The minimum atomic E-state index is 0.962. The van der Waals surface area contributed by atoms with Gasteiger partial charge in [-0.3, -0.25) is 0 Å². The van der Waals surface area contributed by atoms with Gasteiger partial charge in [0.15, 0.2) is 0 Å². The van der Waals surface area contributed by atoms with Crippen LogP contribution in [0.5, 0.6) is 0 Å². The molecule has 0 amide bonds. The second kappa shape index (κ2) is 7.26. The molecule has 7 rings (SSSR count). The molecule has 2 aromatic heterocycles. The maximum atomic E-state index is 5.05. The van der Waals surface area contributed by atoms with Crippen molar-refractivity contribution in [3.8, 4) is 22.5 Å². The molecule has 5 aromatic carbocycles. The monoisotopic (exact) mass is 435 g/mol. The van der Waals surface area contributed by atoms with Crippen molar-refractivity contribution in [3.63, 3.8) is 0 Å². The van der Waals surface area contributed by atoms with Gasteiger partial charge < -0.3 is 4.57 Å². The summed E-state index contributed by atoms with van der Waals surface area (Å²) in [5.74, 6) is 0. The third kappa shape index (κ3) is 2.91. The van der Waals surface area contributed by atoms with E-state index in [1.165, 1.54) is 32.3 Å². The van der Waals surface area contributed by atoms with Crippen LogP contribution in [0.4, 0.5) is 0 Å². The molecule has 7 aromatic rings. The number of aromatic nitrogens is 3. The van der Waals surface area contributed by atoms with E-state index in [1.54, 1.807) is 0 Å². The predicted molar refractivity (Wildman–Crippen MR) is 142 cm³/mol. The van der Waals surface area contributed by atoms with Crippen molar-refractivity contribution >= 4 is 43.4 Å². The van der Waals surface area contributed by atoms with Crippen molar-refractivity contribution in [1.82, 2.24) is 14.5 Å². The molecule has 160 valence electrons. The third-order valence-electron chi connectivity index (χ3n) is 6.79. The van der Waals surface area contributed by atoms with Crippen LogP contribution in [0.15, 0.2) is 109 Å². The lowest BCUT2D eigenvalue weighted by Crippen LogP contribution is -1.90. The van der Waals surface area contributed by atoms with E-state index in [0.717, 1.165) is 33.5 Å². The fourth-order valence-electron chi connectivity index (χ4n) is 5.03. The highest BCUT2D eigenvalue weighted by atomic mass is 15.0. The van der Waals surface area contributed by atoms with Gasteiger partial charge in [-0.2, -0.15) is 0 Å². The summed E-state index contributed by atoms with van der Waals surface area (Å²) >= 11 is 0. The summed E-state index contributed by atoms with van der Waals surface area (Å²) in [6.45, 7) is 0. The van der Waals surface area contributed by atoms with Crippen molar-refractivity contribution < 1.29 is 0 Å². The highest BCUT2D eigenvalue weighted by Crippen LogP contribution is 2.34. The molecule has 3 heteroatoms. The number of fused-ring (bicyclic) bond motifs is 6. The second-order valence-electron chi connectivity index (χ2n) is 8.85. The maximum Gasteiger partial charge on any atom is 0.0955 e. The predicted octanol–water partition coefficient (Wildman–Crippen LogP) is 7.76. The molecular weight excluding hydrogens is 414 g/mol. The largest absolute Gasteiger partial charge is 0.334 e. The number of hydrogen-bond donors (Lipinski definition) is 0. The van der Waals surface area contributed by atoms with Gasteiger partial charge in [0.05, 0.1) is 28.7 Å². The summed E-state index contributed by atoms with van der Waals surface area (Å²) in [6, 6.07) is 36.7. The van der Waals surface area contributed by atoms with Crippen LogP contribution in [-0.4, -0.2) is 14.5 Å². The Morgan fingerprint density at radius 1 is 0.588 bits per heavy atom. The van der Waals surface area contributed by atoms with Crippen molar-refractivity contribution in [2.45, 2.75) is 0 Å². The SMILES string of the molecule is Cn1cnc2ccc(-c3cccc(-c4ccc5ccc6ccc7ccccc7c6c5c4)n3)cc21. The van der Waals surface area contributed by atoms with Gasteiger partial charge in [-0.25, -0.2) is 9.97 Å². The zero-order valence-electron chi connectivity index (χ0n) is 18.7. The first-order valence-electron chi connectivity index (χ1n) is 11.5. The highest BCUT2D eigenvalue weighted by molar-refractivity contribution is 6.20. The van der Waals surface area contributed by atoms with Crippen LogP contribution in [0.25, 0.3) is 65.9 Å². The Bertz CT molecular complexity index is 1870. The number of pyridine rings is 1. The number of rotatable bonds is 2. The van der Waals surface area contributed by atoms with Gasteiger partial charge in [0.2, 0.25) is 0 Å². The van der Waals surface area contributed by atoms with E-state index in [1.807, 2.05) is 17.9 Å². The first-order valence-corrected chi connectivity index (χ1v) is 11.5. The molecule has 3 nitrogen and oxygen atoms in total. The van der Waals surface area contributed by atoms with E-state index < -0.39 is 0 Å². The molecule has 34 heavy (non-hydrogen) atoms. The molecule has 0 radical (unpaired) electrons. The number of hydrogen-bond acceptors (Lipinski definition) is 2. The standard InChI is InChI=1S/C31H21N3/c1-34-19-32-29-16-15-24(18-30(29)34)28-8-4-7-27(33-28)23-14-11-21-10-13-22-12-9-20-5-2-3-6-25(20)31(22)26(21)17-23/h2-19H,1H3. The van der Waals surface area contributed by atoms with E-state index in [9.17, 15) is 0 Å². The van der Waals surface area contributed by atoms with E-state index in [-0.39, 0.29) is 0 Å². The Balaban J connectivity index is 1.42. The molecule has 0 saturated heterocycles. The lowest BCUT2D eigenvalue weighted by Gasteiger charge is -2.11. The average molecular weight is 436 g/mol. The van der Waals surface area contributed by atoms with Gasteiger partial charge in [-0.05, 0) is 62.6 Å². The molecule has 0 unspecified atom stereocenters. The Kier molecular flexibility index (Phi) is 4.06. The lowest BCUT2D eigenvalue weighted by molar-refractivity contribution is 0.948. The molecule has 0 N–H and O–H groups in total. The van der Waals surface area contributed by atoms with Crippen LogP contribution >= 0.6 is 0 Å². The van der Waals surface area contributed by atoms with Gasteiger partial charge >= 0.3 is 0 Å². The van der Waals surface area contributed by atoms with Crippen LogP contribution in [-0.2, 0) is 7.05 Å². The molecule has 0 atom stereocenters. The van der Waals surface area contributed by atoms with Crippen LogP contribution in [0.3, 0.4) is 0 Å². The number of benzene rings is 5. The normalized spacial score (nSPS) is 11.7. The first-order chi connectivity index (χ1) is 16.7.